The fourth-order valence-electron chi connectivity index (χ4n) is 1.97. The summed E-state index contributed by atoms with van der Waals surface area (Å²) < 4.78 is 34.5. The van der Waals surface area contributed by atoms with E-state index in [1.54, 1.807) is 5.01 Å². The highest BCUT2D eigenvalue weighted by atomic mass is 32.2. The molecule has 1 aromatic heterocycles. The second-order valence-electron chi connectivity index (χ2n) is 4.37. The monoisotopic (exact) mass is 299 g/mol. The van der Waals surface area contributed by atoms with Crippen molar-refractivity contribution in [3.63, 3.8) is 0 Å². The largest absolute Gasteiger partial charge is 0.417 e. The number of hydrogen-bond acceptors (Lipinski definition) is 6. The van der Waals surface area contributed by atoms with E-state index in [1.165, 1.54) is 18.2 Å². The number of benzene rings is 1. The Morgan fingerprint density at radius 2 is 2.00 bits per heavy atom. The number of fused-ring (bicyclic) bond motifs is 1. The Morgan fingerprint density at radius 1 is 1.25 bits per heavy atom. The third-order valence-electron chi connectivity index (χ3n) is 2.96. The topological polar surface area (TPSA) is 105 Å². The molecule has 0 aliphatic carbocycles. The first-order valence-corrected chi connectivity index (χ1v) is 7.51. The van der Waals surface area contributed by atoms with Gasteiger partial charge in [-0.05, 0) is 12.1 Å². The van der Waals surface area contributed by atoms with E-state index in [-0.39, 0.29) is 10.5 Å². The highest BCUT2D eigenvalue weighted by Gasteiger charge is 2.21. The van der Waals surface area contributed by atoms with Crippen molar-refractivity contribution < 1.29 is 17.6 Å². The van der Waals surface area contributed by atoms with Crippen LogP contribution < -0.4 is 10.6 Å². The molecule has 8 nitrogen and oxygen atoms in total. The van der Waals surface area contributed by atoms with E-state index in [9.17, 15) is 13.2 Å². The van der Waals surface area contributed by atoms with Crippen molar-refractivity contribution in [2.75, 3.05) is 26.3 Å². The van der Waals surface area contributed by atoms with Gasteiger partial charge in [0, 0.05) is 19.2 Å². The van der Waals surface area contributed by atoms with E-state index < -0.39 is 15.8 Å². The van der Waals surface area contributed by atoms with Gasteiger partial charge in [0.05, 0.1) is 23.6 Å². The molecular formula is C11H13N3O5S. The van der Waals surface area contributed by atoms with Gasteiger partial charge in [0.15, 0.2) is 5.58 Å². The number of hydrogen-bond donors (Lipinski definition) is 2. The molecule has 9 heteroatoms. The molecule has 20 heavy (non-hydrogen) atoms. The number of nitrogens with one attached hydrogen (secondary N) is 2. The van der Waals surface area contributed by atoms with Gasteiger partial charge < -0.3 is 9.15 Å². The summed E-state index contributed by atoms with van der Waals surface area (Å²) in [6, 6.07) is 4.22. The van der Waals surface area contributed by atoms with Crippen molar-refractivity contribution in [2.24, 2.45) is 0 Å². The van der Waals surface area contributed by atoms with Crippen LogP contribution in [0.5, 0.6) is 0 Å². The van der Waals surface area contributed by atoms with Crippen LogP contribution in [-0.2, 0) is 14.8 Å². The zero-order valence-electron chi connectivity index (χ0n) is 10.5. The lowest BCUT2D eigenvalue weighted by molar-refractivity contribution is 0.0272. The zero-order valence-corrected chi connectivity index (χ0v) is 11.3. The number of oxazole rings is 1. The molecule has 1 aromatic carbocycles. The molecule has 0 amide bonds. The maximum atomic E-state index is 12.2. The first-order valence-electron chi connectivity index (χ1n) is 6.03. The summed E-state index contributed by atoms with van der Waals surface area (Å²) >= 11 is 0. The Balaban J connectivity index is 1.89. The van der Waals surface area contributed by atoms with Gasteiger partial charge in [-0.3, -0.25) is 4.98 Å². The van der Waals surface area contributed by atoms with Gasteiger partial charge >= 0.3 is 5.76 Å². The minimum Gasteiger partial charge on any atom is -0.408 e. The average Bonchev–Trinajstić information content (AvgIpc) is 2.78. The summed E-state index contributed by atoms with van der Waals surface area (Å²) in [5.41, 5.74) is 0.667. The summed E-state index contributed by atoms with van der Waals surface area (Å²) in [5, 5.41) is 1.58. The number of aromatic amines is 1. The zero-order chi connectivity index (χ0) is 14.2. The van der Waals surface area contributed by atoms with Crippen molar-refractivity contribution >= 4 is 21.1 Å². The second-order valence-corrected chi connectivity index (χ2v) is 6.03. The summed E-state index contributed by atoms with van der Waals surface area (Å²) in [5.74, 6) is -0.615. The Labute approximate surface area is 114 Å². The van der Waals surface area contributed by atoms with Crippen molar-refractivity contribution in [3.05, 3.63) is 28.7 Å². The van der Waals surface area contributed by atoms with Crippen LogP contribution >= 0.6 is 0 Å². The van der Waals surface area contributed by atoms with Crippen LogP contribution in [0.4, 0.5) is 0 Å². The van der Waals surface area contributed by atoms with Gasteiger partial charge in [0.1, 0.15) is 0 Å². The summed E-state index contributed by atoms with van der Waals surface area (Å²) in [6.45, 7) is 1.93. The highest BCUT2D eigenvalue weighted by molar-refractivity contribution is 7.89. The van der Waals surface area contributed by atoms with Crippen molar-refractivity contribution in [1.29, 1.82) is 0 Å². The molecule has 0 spiro atoms. The molecular weight excluding hydrogens is 286 g/mol. The van der Waals surface area contributed by atoms with E-state index in [0.717, 1.165) is 0 Å². The third kappa shape index (κ3) is 2.61. The molecule has 1 aliphatic rings. The molecule has 1 saturated heterocycles. The molecule has 2 N–H and O–H groups in total. The standard InChI is InChI=1S/C11H13N3O5S/c15-11-12-9-2-1-8(7-10(9)19-11)20(16,17)13-14-3-5-18-6-4-14/h1-2,7,13H,3-6H2,(H,12,15). The fraction of sp³-hybridized carbons (Fsp3) is 0.364. The van der Waals surface area contributed by atoms with E-state index in [0.29, 0.717) is 31.8 Å². The Bertz CT molecular complexity index is 773. The molecule has 3 rings (SSSR count). The normalized spacial score (nSPS) is 17.6. The number of aromatic nitrogens is 1. The minimum atomic E-state index is -3.70. The molecule has 108 valence electrons. The van der Waals surface area contributed by atoms with Crippen LogP contribution in [0.25, 0.3) is 11.1 Å². The molecule has 2 aromatic rings. The lowest BCUT2D eigenvalue weighted by atomic mass is 10.3. The van der Waals surface area contributed by atoms with Crippen molar-refractivity contribution in [2.45, 2.75) is 4.90 Å². The number of hydrazine groups is 1. The van der Waals surface area contributed by atoms with Gasteiger partial charge in [-0.15, -0.1) is 4.83 Å². The Kier molecular flexibility index (Phi) is 3.34. The molecule has 1 fully saturated rings. The van der Waals surface area contributed by atoms with Crippen LogP contribution in [0.1, 0.15) is 0 Å². The van der Waals surface area contributed by atoms with Crippen LogP contribution in [0.15, 0.2) is 32.3 Å². The van der Waals surface area contributed by atoms with E-state index in [2.05, 4.69) is 9.82 Å². The number of rotatable bonds is 3. The lowest BCUT2D eigenvalue weighted by Gasteiger charge is -2.26. The quantitative estimate of drug-likeness (QED) is 0.802. The smallest absolute Gasteiger partial charge is 0.408 e. The third-order valence-corrected chi connectivity index (χ3v) is 4.34. The van der Waals surface area contributed by atoms with Gasteiger partial charge in [0.25, 0.3) is 10.0 Å². The Hall–Kier alpha value is -1.68. The fourth-order valence-corrected chi connectivity index (χ4v) is 3.11. The number of ether oxygens (including phenoxy) is 1. The molecule has 0 radical (unpaired) electrons. The number of H-pyrrole nitrogens is 1. The molecule has 2 heterocycles. The van der Waals surface area contributed by atoms with E-state index in [1.807, 2.05) is 0 Å². The predicted octanol–water partition coefficient (Wildman–Crippen LogP) is -0.353. The predicted molar refractivity (Wildman–Crippen MR) is 69.5 cm³/mol. The van der Waals surface area contributed by atoms with Crippen LogP contribution in [-0.4, -0.2) is 44.7 Å². The van der Waals surface area contributed by atoms with Crippen LogP contribution in [0.3, 0.4) is 0 Å². The maximum Gasteiger partial charge on any atom is 0.417 e. The lowest BCUT2D eigenvalue weighted by Crippen LogP contribution is -2.48. The first kappa shape index (κ1) is 13.3. The Morgan fingerprint density at radius 3 is 2.75 bits per heavy atom. The van der Waals surface area contributed by atoms with Crippen LogP contribution in [0, 0.1) is 0 Å². The van der Waals surface area contributed by atoms with Crippen LogP contribution in [0.2, 0.25) is 0 Å². The second kappa shape index (κ2) is 5.02. The maximum absolute atomic E-state index is 12.2. The number of nitrogens with zero attached hydrogens (tertiary/aromatic N) is 1. The number of sulfonamides is 1. The van der Waals surface area contributed by atoms with E-state index >= 15 is 0 Å². The molecule has 0 saturated carbocycles. The molecule has 1 aliphatic heterocycles. The minimum absolute atomic E-state index is 0.0410. The summed E-state index contributed by atoms with van der Waals surface area (Å²) in [4.78, 5) is 16.0. The average molecular weight is 299 g/mol. The summed E-state index contributed by atoms with van der Waals surface area (Å²) in [6.07, 6.45) is 0. The SMILES string of the molecule is O=c1[nH]c2ccc(S(=O)(=O)NN3CCOCC3)cc2o1. The first-order chi connectivity index (χ1) is 9.54. The molecule has 0 atom stereocenters. The molecule has 0 bridgehead atoms. The summed E-state index contributed by atoms with van der Waals surface area (Å²) in [7, 11) is -3.70. The van der Waals surface area contributed by atoms with Crippen molar-refractivity contribution in [1.82, 2.24) is 14.8 Å². The van der Waals surface area contributed by atoms with Gasteiger partial charge in [-0.2, -0.15) is 0 Å². The van der Waals surface area contributed by atoms with E-state index in [4.69, 9.17) is 9.15 Å². The van der Waals surface area contributed by atoms with Crippen molar-refractivity contribution in [3.8, 4) is 0 Å². The highest BCUT2D eigenvalue weighted by Crippen LogP contribution is 2.16. The number of morpholine rings is 1. The van der Waals surface area contributed by atoms with Gasteiger partial charge in [-0.1, -0.05) is 0 Å². The van der Waals surface area contributed by atoms with Gasteiger partial charge in [0.2, 0.25) is 0 Å². The van der Waals surface area contributed by atoms with Gasteiger partial charge in [-0.25, -0.2) is 18.2 Å². The molecule has 0 unspecified atom stereocenters.